The Balaban J connectivity index is 0.000000868. The number of benzene rings is 7. The molecule has 0 radical (unpaired) electrons. The van der Waals surface area contributed by atoms with Gasteiger partial charge in [0.2, 0.25) is 0 Å². The third kappa shape index (κ3) is 19.1. The Morgan fingerprint density at radius 3 is 1.58 bits per heavy atom. The molecule has 7 aromatic carbocycles. The molecular weight excluding hydrogens is 1030 g/mol. The summed E-state index contributed by atoms with van der Waals surface area (Å²) in [4.78, 5) is -0.357. The van der Waals surface area contributed by atoms with E-state index in [9.17, 15) is 18.1 Å². The summed E-state index contributed by atoms with van der Waals surface area (Å²) >= 11 is 0. The molecule has 7 rings (SSSR count). The van der Waals surface area contributed by atoms with Crippen molar-refractivity contribution in [1.82, 2.24) is 0 Å². The van der Waals surface area contributed by atoms with Crippen molar-refractivity contribution in [1.29, 1.82) is 0 Å². The molecule has 0 aliphatic heterocycles. The molecular formula is C45H39N9O15S4. The Kier molecular flexibility index (Phi) is 21.9. The predicted octanol–water partition coefficient (Wildman–Crippen LogP) is 11.3. The first kappa shape index (κ1) is 56.8. The number of phenols is 1. The molecule has 0 bridgehead atoms. The van der Waals surface area contributed by atoms with Gasteiger partial charge in [0.25, 0.3) is 10.1 Å². The molecule has 7 aromatic rings. The molecule has 0 atom stereocenters. The summed E-state index contributed by atoms with van der Waals surface area (Å²) in [5.41, 5.74) is 5.96. The van der Waals surface area contributed by atoms with Crippen LogP contribution in [-0.4, -0.2) is 69.7 Å². The molecule has 0 saturated carbocycles. The van der Waals surface area contributed by atoms with Crippen LogP contribution >= 0.6 is 0 Å². The molecule has 0 fully saturated rings. The van der Waals surface area contributed by atoms with Crippen molar-refractivity contribution in [3.8, 4) is 17.2 Å². The van der Waals surface area contributed by atoms with Crippen LogP contribution in [-0.2, 0) is 41.9 Å². The summed E-state index contributed by atoms with van der Waals surface area (Å²) < 4.78 is 121. The van der Waals surface area contributed by atoms with Gasteiger partial charge in [-0.3, -0.25) is 4.55 Å². The number of hydrogen-bond acceptors (Lipinski definition) is 23. The summed E-state index contributed by atoms with van der Waals surface area (Å²) in [6, 6.07) is 40.4. The maximum absolute atomic E-state index is 11.8. The van der Waals surface area contributed by atoms with Crippen LogP contribution in [0.3, 0.4) is 0 Å². The lowest BCUT2D eigenvalue weighted by Crippen LogP contribution is -1.97. The van der Waals surface area contributed by atoms with E-state index in [2.05, 4.69) is 46.2 Å². The Morgan fingerprint density at radius 1 is 0.521 bits per heavy atom. The molecule has 0 unspecified atom stereocenters. The van der Waals surface area contributed by atoms with Crippen molar-refractivity contribution in [3.63, 3.8) is 0 Å². The van der Waals surface area contributed by atoms with E-state index in [1.807, 2.05) is 74.5 Å². The van der Waals surface area contributed by atoms with E-state index < -0.39 is 41.9 Å². The lowest BCUT2D eigenvalue weighted by atomic mass is 10.1. The van der Waals surface area contributed by atoms with Gasteiger partial charge in [0, 0.05) is 28.9 Å². The number of nitrogens with one attached hydrogen (secondary N) is 1. The van der Waals surface area contributed by atoms with Gasteiger partial charge in [0.05, 0.1) is 36.5 Å². The standard InChI is InChI=1S/C45H39N9O6S.3O3S/c1-4-24-60-43-28-35(18-23-39(43)52-53-40-12-8-9-13-44(40)61(56,57)58)49-50-37-21-16-33(25-29(37)2)47-48-34-17-22-38(42(27-34)59-3)51-54-41-20-14-30-26-32(15-19-36(30)45(41)55)46-31-10-6-5-7-11-31;3*1-4(2)3/h5-23,25-28,46,55H,4,24H2,1-3H3,(H,56,57,58);;;. The van der Waals surface area contributed by atoms with Crippen LogP contribution in [0.4, 0.5) is 56.9 Å². The summed E-state index contributed by atoms with van der Waals surface area (Å²) in [7, 11) is -12.3. The predicted molar refractivity (Wildman–Crippen MR) is 264 cm³/mol. The highest BCUT2D eigenvalue weighted by molar-refractivity contribution is 7.86. The van der Waals surface area contributed by atoms with Crippen molar-refractivity contribution in [2.75, 3.05) is 19.0 Å². The third-order valence-electron chi connectivity index (χ3n) is 9.01. The van der Waals surface area contributed by atoms with Gasteiger partial charge < -0.3 is 19.9 Å². The highest BCUT2D eigenvalue weighted by Crippen LogP contribution is 2.40. The zero-order valence-electron chi connectivity index (χ0n) is 38.1. The average molecular weight is 1070 g/mol. The second kappa shape index (κ2) is 28.1. The minimum atomic E-state index is -4.49. The van der Waals surface area contributed by atoms with Gasteiger partial charge >= 0.3 is 31.8 Å². The second-order valence-corrected chi connectivity index (χ2v) is 16.7. The number of aromatic hydroxyl groups is 1. The fraction of sp³-hybridized carbons (Fsp3) is 0.111. The van der Waals surface area contributed by atoms with Crippen molar-refractivity contribution in [3.05, 3.63) is 145 Å². The van der Waals surface area contributed by atoms with Crippen molar-refractivity contribution < 1.29 is 65.4 Å². The first-order valence-corrected chi connectivity index (χ1v) is 24.9. The first-order chi connectivity index (χ1) is 34.8. The second-order valence-electron chi connectivity index (χ2n) is 14.0. The summed E-state index contributed by atoms with van der Waals surface area (Å²) in [6.45, 7) is 4.24. The van der Waals surface area contributed by atoms with Gasteiger partial charge in [-0.05, 0) is 115 Å². The SMILES string of the molecule is CCCOc1cc(N=Nc2ccc(N=Nc3ccc(N=Nc4ccc5cc(Nc6ccccc6)ccc5c4O)c(OC)c3)cc2C)ccc1N=Nc1ccccc1S(=O)(=O)O.O=S(=O)=O.O=S(=O)=O.O=S(=O)=O. The number of anilines is 2. The molecule has 3 N–H and O–H groups in total. The Morgan fingerprint density at radius 2 is 1.00 bits per heavy atom. The van der Waals surface area contributed by atoms with E-state index in [0.717, 1.165) is 28.7 Å². The number of hydrogen-bond donors (Lipinski definition) is 3. The van der Waals surface area contributed by atoms with Crippen molar-refractivity contribution >= 4 is 110 Å². The normalized spacial score (nSPS) is 11.0. The van der Waals surface area contributed by atoms with E-state index in [-0.39, 0.29) is 16.3 Å². The van der Waals surface area contributed by atoms with Crippen LogP contribution in [0, 0.1) is 6.92 Å². The fourth-order valence-corrected chi connectivity index (χ4v) is 6.57. The summed E-state index contributed by atoms with van der Waals surface area (Å²) in [5, 5.41) is 50.4. The zero-order valence-corrected chi connectivity index (χ0v) is 41.4. The van der Waals surface area contributed by atoms with Crippen LogP contribution in [0.15, 0.2) is 185 Å². The summed E-state index contributed by atoms with van der Waals surface area (Å²) in [5.74, 6) is 0.818. The van der Waals surface area contributed by atoms with Crippen LogP contribution in [0.1, 0.15) is 18.9 Å². The molecule has 0 spiro atoms. The highest BCUT2D eigenvalue weighted by Gasteiger charge is 2.15. The number of phenolic OH excluding ortho intramolecular Hbond substituents is 1. The molecule has 73 heavy (non-hydrogen) atoms. The minimum absolute atomic E-state index is 0.0165. The molecule has 0 heterocycles. The van der Waals surface area contributed by atoms with Gasteiger partial charge in [0.15, 0.2) is 5.75 Å². The van der Waals surface area contributed by atoms with E-state index in [4.69, 9.17) is 47.4 Å². The van der Waals surface area contributed by atoms with E-state index in [1.54, 1.807) is 60.7 Å². The number of para-hydroxylation sites is 1. The molecule has 0 aliphatic rings. The Bertz CT molecular complexity index is 3600. The zero-order chi connectivity index (χ0) is 53.5. The van der Waals surface area contributed by atoms with Crippen LogP contribution in [0.5, 0.6) is 17.2 Å². The maximum atomic E-state index is 11.8. The van der Waals surface area contributed by atoms with Gasteiger partial charge in [0.1, 0.15) is 39.1 Å². The highest BCUT2D eigenvalue weighted by atomic mass is 32.2. The van der Waals surface area contributed by atoms with Gasteiger partial charge in [-0.15, -0.1) is 58.3 Å². The number of nitrogens with zero attached hydrogens (tertiary/aromatic N) is 8. The Labute approximate surface area is 420 Å². The lowest BCUT2D eigenvalue weighted by molar-refractivity contribution is 0.318. The van der Waals surface area contributed by atoms with E-state index in [0.29, 0.717) is 63.3 Å². The molecule has 378 valence electrons. The monoisotopic (exact) mass is 1070 g/mol. The first-order valence-electron chi connectivity index (χ1n) is 20.4. The largest absolute Gasteiger partial charge is 0.505 e. The lowest BCUT2D eigenvalue weighted by Gasteiger charge is -2.09. The topological polar surface area (TPSA) is 358 Å². The maximum Gasteiger partial charge on any atom is 0.425 e. The fourth-order valence-electron chi connectivity index (χ4n) is 5.95. The van der Waals surface area contributed by atoms with Crippen LogP contribution in [0.2, 0.25) is 0 Å². The van der Waals surface area contributed by atoms with Crippen LogP contribution in [0.25, 0.3) is 10.8 Å². The number of azo groups is 4. The molecule has 28 heteroatoms. The molecule has 0 saturated heterocycles. The number of methoxy groups -OCH3 is 1. The quantitative estimate of drug-likeness (QED) is 0.0634. The van der Waals surface area contributed by atoms with E-state index in [1.165, 1.54) is 25.3 Å². The number of rotatable bonds is 15. The van der Waals surface area contributed by atoms with Crippen molar-refractivity contribution in [2.24, 2.45) is 40.9 Å². The Hall–Kier alpha value is -8.83. The number of ether oxygens (including phenoxy) is 2. The molecule has 0 aromatic heterocycles. The number of aryl methyl sites for hydroxylation is 1. The third-order valence-corrected chi connectivity index (χ3v) is 9.91. The molecule has 24 nitrogen and oxygen atoms in total. The van der Waals surface area contributed by atoms with Gasteiger partial charge in [-0.25, -0.2) is 0 Å². The molecule has 0 amide bonds. The minimum Gasteiger partial charge on any atom is -0.505 e. The van der Waals surface area contributed by atoms with Crippen LogP contribution < -0.4 is 14.8 Å². The van der Waals surface area contributed by atoms with E-state index >= 15 is 0 Å². The average Bonchev–Trinajstić information content (AvgIpc) is 3.34. The van der Waals surface area contributed by atoms with Gasteiger partial charge in [-0.2, -0.15) is 28.9 Å². The van der Waals surface area contributed by atoms with Crippen molar-refractivity contribution in [2.45, 2.75) is 25.2 Å². The molecule has 0 aliphatic carbocycles. The van der Waals surface area contributed by atoms with Gasteiger partial charge in [-0.1, -0.05) is 43.3 Å². The summed E-state index contributed by atoms with van der Waals surface area (Å²) in [6.07, 6.45) is 0.733. The smallest absolute Gasteiger partial charge is 0.425 e. The number of fused-ring (bicyclic) bond motifs is 1.